The Morgan fingerprint density at radius 2 is 1.00 bits per heavy atom. The van der Waals surface area contributed by atoms with Crippen molar-refractivity contribution in [1.82, 2.24) is 0 Å². The molecule has 0 unspecified atom stereocenters. The SMILES string of the molecule is OCc1ccccc1COCc1ccccc1CO. The van der Waals surface area contributed by atoms with E-state index in [2.05, 4.69) is 0 Å². The van der Waals surface area contributed by atoms with Crippen LogP contribution in [0.1, 0.15) is 22.3 Å². The predicted molar refractivity (Wildman–Crippen MR) is 73.2 cm³/mol. The van der Waals surface area contributed by atoms with Crippen LogP contribution in [-0.4, -0.2) is 10.2 Å². The van der Waals surface area contributed by atoms with Gasteiger partial charge in [0, 0.05) is 0 Å². The van der Waals surface area contributed by atoms with Crippen LogP contribution in [0.2, 0.25) is 0 Å². The van der Waals surface area contributed by atoms with Crippen LogP contribution < -0.4 is 0 Å². The molecule has 0 radical (unpaired) electrons. The molecule has 2 N–H and O–H groups in total. The van der Waals surface area contributed by atoms with E-state index in [9.17, 15) is 10.2 Å². The fourth-order valence-corrected chi connectivity index (χ4v) is 1.98. The van der Waals surface area contributed by atoms with E-state index in [1.54, 1.807) is 0 Å². The lowest BCUT2D eigenvalue weighted by Crippen LogP contribution is -2.00. The highest BCUT2D eigenvalue weighted by atomic mass is 16.5. The Kier molecular flexibility index (Phi) is 5.10. The normalized spacial score (nSPS) is 10.6. The zero-order valence-corrected chi connectivity index (χ0v) is 10.7. The van der Waals surface area contributed by atoms with Crippen molar-refractivity contribution in [2.75, 3.05) is 0 Å². The Hall–Kier alpha value is -1.68. The maximum absolute atomic E-state index is 9.23. The quantitative estimate of drug-likeness (QED) is 0.836. The largest absolute Gasteiger partial charge is 0.392 e. The summed E-state index contributed by atoms with van der Waals surface area (Å²) >= 11 is 0. The van der Waals surface area contributed by atoms with Crippen LogP contribution in [0.5, 0.6) is 0 Å². The summed E-state index contributed by atoms with van der Waals surface area (Å²) in [7, 11) is 0. The van der Waals surface area contributed by atoms with Crippen molar-refractivity contribution in [2.45, 2.75) is 26.4 Å². The van der Waals surface area contributed by atoms with Gasteiger partial charge >= 0.3 is 0 Å². The van der Waals surface area contributed by atoms with Crippen LogP contribution in [-0.2, 0) is 31.2 Å². The summed E-state index contributed by atoms with van der Waals surface area (Å²) in [6, 6.07) is 15.3. The Bertz CT molecular complexity index is 475. The molecule has 0 fully saturated rings. The van der Waals surface area contributed by atoms with E-state index in [1.165, 1.54) is 0 Å². The molecule has 0 aliphatic heterocycles. The maximum atomic E-state index is 9.23. The third kappa shape index (κ3) is 3.64. The van der Waals surface area contributed by atoms with Gasteiger partial charge in [0.2, 0.25) is 0 Å². The molecule has 0 aliphatic rings. The molecule has 0 bridgehead atoms. The van der Waals surface area contributed by atoms with Crippen LogP contribution in [0.25, 0.3) is 0 Å². The van der Waals surface area contributed by atoms with Crippen molar-refractivity contribution >= 4 is 0 Å². The Labute approximate surface area is 113 Å². The molecule has 0 amide bonds. The molecule has 0 saturated heterocycles. The number of benzene rings is 2. The summed E-state index contributed by atoms with van der Waals surface area (Å²) in [6.45, 7) is 0.951. The summed E-state index contributed by atoms with van der Waals surface area (Å²) in [5.41, 5.74) is 3.76. The van der Waals surface area contributed by atoms with Crippen LogP contribution in [0, 0.1) is 0 Å². The van der Waals surface area contributed by atoms with Gasteiger partial charge in [0.1, 0.15) is 0 Å². The van der Waals surface area contributed by atoms with E-state index in [-0.39, 0.29) is 13.2 Å². The van der Waals surface area contributed by atoms with Gasteiger partial charge in [0.15, 0.2) is 0 Å². The number of aliphatic hydroxyl groups excluding tert-OH is 2. The van der Waals surface area contributed by atoms with Gasteiger partial charge in [0.25, 0.3) is 0 Å². The molecule has 3 nitrogen and oxygen atoms in total. The molecule has 0 atom stereocenters. The average Bonchev–Trinajstić information content (AvgIpc) is 2.48. The Balaban J connectivity index is 1.96. The molecule has 2 aromatic rings. The number of hydrogen-bond acceptors (Lipinski definition) is 3. The lowest BCUT2D eigenvalue weighted by atomic mass is 10.1. The Morgan fingerprint density at radius 3 is 1.37 bits per heavy atom. The highest BCUT2D eigenvalue weighted by molar-refractivity contribution is 5.27. The highest BCUT2D eigenvalue weighted by Gasteiger charge is 2.03. The first-order valence-electron chi connectivity index (χ1n) is 6.28. The smallest absolute Gasteiger partial charge is 0.0724 e. The summed E-state index contributed by atoms with van der Waals surface area (Å²) in [5.74, 6) is 0. The minimum absolute atomic E-state index is 0.0206. The van der Waals surface area contributed by atoms with Crippen molar-refractivity contribution in [2.24, 2.45) is 0 Å². The van der Waals surface area contributed by atoms with Crippen molar-refractivity contribution < 1.29 is 14.9 Å². The number of rotatable bonds is 6. The van der Waals surface area contributed by atoms with E-state index in [0.29, 0.717) is 13.2 Å². The van der Waals surface area contributed by atoms with Crippen LogP contribution >= 0.6 is 0 Å². The van der Waals surface area contributed by atoms with Gasteiger partial charge < -0.3 is 14.9 Å². The van der Waals surface area contributed by atoms with Gasteiger partial charge in [-0.1, -0.05) is 48.5 Å². The minimum atomic E-state index is 0.0206. The second-order valence-electron chi connectivity index (χ2n) is 4.35. The van der Waals surface area contributed by atoms with Crippen molar-refractivity contribution in [3.05, 3.63) is 70.8 Å². The molecule has 2 aromatic carbocycles. The van der Waals surface area contributed by atoms with Crippen molar-refractivity contribution in [3.8, 4) is 0 Å². The van der Waals surface area contributed by atoms with Gasteiger partial charge in [-0.15, -0.1) is 0 Å². The molecule has 0 spiro atoms. The summed E-state index contributed by atoms with van der Waals surface area (Å²) < 4.78 is 5.67. The lowest BCUT2D eigenvalue weighted by molar-refractivity contribution is 0.104. The van der Waals surface area contributed by atoms with Crippen LogP contribution in [0.15, 0.2) is 48.5 Å². The minimum Gasteiger partial charge on any atom is -0.392 e. The number of aliphatic hydroxyl groups is 2. The monoisotopic (exact) mass is 258 g/mol. The Morgan fingerprint density at radius 1 is 0.632 bits per heavy atom. The first-order valence-corrected chi connectivity index (χ1v) is 6.28. The van der Waals surface area contributed by atoms with Crippen LogP contribution in [0.4, 0.5) is 0 Å². The van der Waals surface area contributed by atoms with Gasteiger partial charge in [-0.25, -0.2) is 0 Å². The van der Waals surface area contributed by atoms with E-state index in [0.717, 1.165) is 22.3 Å². The molecular weight excluding hydrogens is 240 g/mol. The van der Waals surface area contributed by atoms with Gasteiger partial charge in [-0.2, -0.15) is 0 Å². The first kappa shape index (κ1) is 13.7. The fourth-order valence-electron chi connectivity index (χ4n) is 1.98. The first-order chi connectivity index (χ1) is 9.35. The molecule has 2 rings (SSSR count). The molecule has 19 heavy (non-hydrogen) atoms. The standard InChI is InChI=1S/C16H18O3/c17-9-13-5-1-3-7-15(13)11-19-12-16-8-4-2-6-14(16)10-18/h1-8,17-18H,9-12H2. The van der Waals surface area contributed by atoms with E-state index >= 15 is 0 Å². The topological polar surface area (TPSA) is 49.7 Å². The lowest BCUT2D eigenvalue weighted by Gasteiger charge is -2.10. The molecule has 0 aliphatic carbocycles. The van der Waals surface area contributed by atoms with Crippen molar-refractivity contribution in [1.29, 1.82) is 0 Å². The maximum Gasteiger partial charge on any atom is 0.0724 e. The summed E-state index contributed by atoms with van der Waals surface area (Å²) in [4.78, 5) is 0. The van der Waals surface area contributed by atoms with E-state index < -0.39 is 0 Å². The highest BCUT2D eigenvalue weighted by Crippen LogP contribution is 2.14. The zero-order valence-electron chi connectivity index (χ0n) is 10.7. The predicted octanol–water partition coefficient (Wildman–Crippen LogP) is 2.39. The third-order valence-electron chi connectivity index (χ3n) is 3.09. The molecule has 100 valence electrons. The zero-order chi connectivity index (χ0) is 13.5. The van der Waals surface area contributed by atoms with Crippen molar-refractivity contribution in [3.63, 3.8) is 0 Å². The summed E-state index contributed by atoms with van der Waals surface area (Å²) in [5, 5.41) is 18.5. The van der Waals surface area contributed by atoms with E-state index in [4.69, 9.17) is 4.74 Å². The molecule has 3 heteroatoms. The fraction of sp³-hybridized carbons (Fsp3) is 0.250. The van der Waals surface area contributed by atoms with Gasteiger partial charge in [0.05, 0.1) is 26.4 Å². The second kappa shape index (κ2) is 7.04. The average molecular weight is 258 g/mol. The second-order valence-corrected chi connectivity index (χ2v) is 4.35. The van der Waals surface area contributed by atoms with Gasteiger partial charge in [-0.3, -0.25) is 0 Å². The van der Waals surface area contributed by atoms with Crippen LogP contribution in [0.3, 0.4) is 0 Å². The molecule has 0 aromatic heterocycles. The van der Waals surface area contributed by atoms with Gasteiger partial charge in [-0.05, 0) is 22.3 Å². The summed E-state index contributed by atoms with van der Waals surface area (Å²) in [6.07, 6.45) is 0. The van der Waals surface area contributed by atoms with E-state index in [1.807, 2.05) is 48.5 Å². The number of hydrogen-bond donors (Lipinski definition) is 2. The number of ether oxygens (including phenoxy) is 1. The molecule has 0 saturated carbocycles. The molecule has 0 heterocycles. The molecular formula is C16H18O3. The third-order valence-corrected chi connectivity index (χ3v) is 3.09.